The van der Waals surface area contributed by atoms with Crippen molar-refractivity contribution in [2.75, 3.05) is 6.54 Å². The summed E-state index contributed by atoms with van der Waals surface area (Å²) in [7, 11) is 0. The van der Waals surface area contributed by atoms with Crippen LogP contribution in [-0.4, -0.2) is 22.5 Å². The Labute approximate surface area is 87.6 Å². The van der Waals surface area contributed by atoms with Gasteiger partial charge in [0.15, 0.2) is 11.6 Å². The Balaban J connectivity index is 1.75. The molecule has 15 heavy (non-hydrogen) atoms. The van der Waals surface area contributed by atoms with Gasteiger partial charge in [0.1, 0.15) is 0 Å². The number of rotatable bonds is 4. The summed E-state index contributed by atoms with van der Waals surface area (Å²) in [5.41, 5.74) is 1.01. The van der Waals surface area contributed by atoms with Crippen molar-refractivity contribution >= 4 is 5.78 Å². The number of hydrogen-bond acceptors (Lipinski definition) is 5. The molecular formula is C10H13N3O2. The van der Waals surface area contributed by atoms with Gasteiger partial charge in [-0.2, -0.15) is 4.98 Å². The van der Waals surface area contributed by atoms with Gasteiger partial charge in [-0.3, -0.25) is 4.79 Å². The molecule has 0 bridgehead atoms. The van der Waals surface area contributed by atoms with Gasteiger partial charge in [-0.15, -0.1) is 0 Å². The minimum atomic E-state index is 0.200. The van der Waals surface area contributed by atoms with Gasteiger partial charge in [-0.1, -0.05) is 5.16 Å². The number of carbonyl (C=O) groups excluding carboxylic acids is 1. The lowest BCUT2D eigenvalue weighted by molar-refractivity contribution is -0.114. The Morgan fingerprint density at radius 1 is 1.53 bits per heavy atom. The maximum atomic E-state index is 10.9. The number of carbonyl (C=O) groups is 1. The molecule has 1 aliphatic rings. The molecule has 0 spiro atoms. The fourth-order valence-corrected chi connectivity index (χ4v) is 1.51. The third kappa shape index (κ3) is 2.65. The smallest absolute Gasteiger partial charge is 0.228 e. The van der Waals surface area contributed by atoms with Crippen LogP contribution in [0.2, 0.25) is 0 Å². The van der Waals surface area contributed by atoms with Crippen molar-refractivity contribution in [2.45, 2.75) is 26.2 Å². The summed E-state index contributed by atoms with van der Waals surface area (Å²) >= 11 is 0. The van der Waals surface area contributed by atoms with Gasteiger partial charge in [-0.05, 0) is 13.3 Å². The molecule has 0 atom stereocenters. The van der Waals surface area contributed by atoms with E-state index in [1.165, 1.54) is 0 Å². The maximum Gasteiger partial charge on any atom is 0.228 e. The predicted molar refractivity (Wildman–Crippen MR) is 53.1 cm³/mol. The van der Waals surface area contributed by atoms with Gasteiger partial charge in [0.05, 0.1) is 0 Å². The van der Waals surface area contributed by atoms with Crippen LogP contribution in [0.1, 0.15) is 24.6 Å². The van der Waals surface area contributed by atoms with Crippen LogP contribution >= 0.6 is 0 Å². The zero-order valence-electron chi connectivity index (χ0n) is 8.62. The maximum absolute atomic E-state index is 10.9. The summed E-state index contributed by atoms with van der Waals surface area (Å²) in [6.45, 7) is 2.51. The van der Waals surface area contributed by atoms with E-state index in [-0.39, 0.29) is 5.78 Å². The second kappa shape index (κ2) is 4.25. The number of nitrogens with one attached hydrogen (secondary N) is 1. The SMILES string of the molecule is Cc1noc(CCNC2=CC(=O)CC2)n1. The Morgan fingerprint density at radius 3 is 3.00 bits per heavy atom. The Morgan fingerprint density at radius 2 is 2.40 bits per heavy atom. The molecule has 0 aromatic carbocycles. The molecule has 0 fully saturated rings. The number of aryl methyl sites for hydroxylation is 1. The van der Waals surface area contributed by atoms with Crippen LogP contribution in [-0.2, 0) is 11.2 Å². The molecule has 80 valence electrons. The van der Waals surface area contributed by atoms with Gasteiger partial charge >= 0.3 is 0 Å². The topological polar surface area (TPSA) is 68.0 Å². The molecule has 0 saturated carbocycles. The molecule has 1 aromatic rings. The molecule has 1 aromatic heterocycles. The van der Waals surface area contributed by atoms with E-state index < -0.39 is 0 Å². The van der Waals surface area contributed by atoms with Crippen molar-refractivity contribution in [3.05, 3.63) is 23.5 Å². The summed E-state index contributed by atoms with van der Waals surface area (Å²) < 4.78 is 4.96. The fraction of sp³-hybridized carbons (Fsp3) is 0.500. The van der Waals surface area contributed by atoms with Crippen molar-refractivity contribution in [3.8, 4) is 0 Å². The molecule has 5 nitrogen and oxygen atoms in total. The van der Waals surface area contributed by atoms with Crippen LogP contribution in [0.25, 0.3) is 0 Å². The van der Waals surface area contributed by atoms with Gasteiger partial charge in [-0.25, -0.2) is 0 Å². The first-order valence-electron chi connectivity index (χ1n) is 5.00. The molecule has 1 heterocycles. The number of ketones is 1. The normalized spacial score (nSPS) is 15.5. The second-order valence-corrected chi connectivity index (χ2v) is 3.55. The van der Waals surface area contributed by atoms with Crippen molar-refractivity contribution in [3.63, 3.8) is 0 Å². The summed E-state index contributed by atoms with van der Waals surface area (Å²) in [6.07, 6.45) is 3.80. The largest absolute Gasteiger partial charge is 0.388 e. The zero-order valence-corrected chi connectivity index (χ0v) is 8.62. The Bertz CT molecular complexity index is 395. The van der Waals surface area contributed by atoms with Crippen molar-refractivity contribution in [2.24, 2.45) is 0 Å². The lowest BCUT2D eigenvalue weighted by Crippen LogP contribution is -2.15. The van der Waals surface area contributed by atoms with Gasteiger partial charge < -0.3 is 9.84 Å². The van der Waals surface area contributed by atoms with E-state index in [1.54, 1.807) is 13.0 Å². The number of aromatic nitrogens is 2. The van der Waals surface area contributed by atoms with Gasteiger partial charge in [0, 0.05) is 31.2 Å². The van der Waals surface area contributed by atoms with Crippen LogP contribution in [0.15, 0.2) is 16.3 Å². The second-order valence-electron chi connectivity index (χ2n) is 3.55. The summed E-state index contributed by atoms with van der Waals surface area (Å²) in [6, 6.07) is 0. The van der Waals surface area contributed by atoms with E-state index in [9.17, 15) is 4.79 Å². The predicted octanol–water partition coefficient (Wildman–Crippen LogP) is 0.757. The molecule has 0 radical (unpaired) electrons. The van der Waals surface area contributed by atoms with E-state index in [0.717, 1.165) is 18.7 Å². The van der Waals surface area contributed by atoms with Crippen LogP contribution < -0.4 is 5.32 Å². The highest BCUT2D eigenvalue weighted by Gasteiger charge is 2.11. The Hall–Kier alpha value is -1.65. The Kier molecular flexibility index (Phi) is 2.80. The first-order valence-corrected chi connectivity index (χ1v) is 5.00. The third-order valence-electron chi connectivity index (χ3n) is 2.24. The van der Waals surface area contributed by atoms with Crippen LogP contribution in [0, 0.1) is 6.92 Å². The van der Waals surface area contributed by atoms with E-state index in [1.807, 2.05) is 0 Å². The number of allylic oxidation sites excluding steroid dienone is 2. The van der Waals surface area contributed by atoms with E-state index in [0.29, 0.717) is 24.6 Å². The summed E-state index contributed by atoms with van der Waals surface area (Å²) in [5, 5.41) is 6.88. The monoisotopic (exact) mass is 207 g/mol. The summed E-state index contributed by atoms with van der Waals surface area (Å²) in [4.78, 5) is 15.0. The highest BCUT2D eigenvalue weighted by molar-refractivity contribution is 5.92. The highest BCUT2D eigenvalue weighted by Crippen LogP contribution is 2.11. The van der Waals surface area contributed by atoms with Crippen molar-refractivity contribution < 1.29 is 9.32 Å². The van der Waals surface area contributed by atoms with Crippen LogP contribution in [0.3, 0.4) is 0 Å². The van der Waals surface area contributed by atoms with E-state index >= 15 is 0 Å². The van der Waals surface area contributed by atoms with E-state index in [2.05, 4.69) is 15.5 Å². The standard InChI is InChI=1S/C10H13N3O2/c1-7-12-10(15-13-7)4-5-11-8-2-3-9(14)6-8/h6,11H,2-5H2,1H3. The lowest BCUT2D eigenvalue weighted by Gasteiger charge is -2.03. The van der Waals surface area contributed by atoms with E-state index in [4.69, 9.17) is 4.52 Å². The summed E-state index contributed by atoms with van der Waals surface area (Å²) in [5.74, 6) is 1.48. The van der Waals surface area contributed by atoms with Gasteiger partial charge in [0.25, 0.3) is 0 Å². The highest BCUT2D eigenvalue weighted by atomic mass is 16.5. The molecule has 5 heteroatoms. The lowest BCUT2D eigenvalue weighted by atomic mass is 10.3. The van der Waals surface area contributed by atoms with Crippen LogP contribution in [0.4, 0.5) is 0 Å². The average Bonchev–Trinajstić information content (AvgIpc) is 2.76. The number of hydrogen-bond donors (Lipinski definition) is 1. The zero-order chi connectivity index (χ0) is 10.7. The minimum absolute atomic E-state index is 0.200. The molecule has 1 aliphatic carbocycles. The minimum Gasteiger partial charge on any atom is -0.388 e. The van der Waals surface area contributed by atoms with Crippen molar-refractivity contribution in [1.82, 2.24) is 15.5 Å². The quantitative estimate of drug-likeness (QED) is 0.789. The van der Waals surface area contributed by atoms with Gasteiger partial charge in [0.2, 0.25) is 5.89 Å². The molecule has 2 rings (SSSR count). The van der Waals surface area contributed by atoms with Crippen molar-refractivity contribution in [1.29, 1.82) is 0 Å². The third-order valence-corrected chi connectivity index (χ3v) is 2.24. The molecule has 1 N–H and O–H groups in total. The molecule has 0 saturated heterocycles. The fourth-order valence-electron chi connectivity index (χ4n) is 1.51. The molecule has 0 amide bonds. The first-order chi connectivity index (χ1) is 7.24. The number of nitrogens with zero attached hydrogens (tertiary/aromatic N) is 2. The average molecular weight is 207 g/mol. The molecule has 0 unspecified atom stereocenters. The molecular weight excluding hydrogens is 194 g/mol. The van der Waals surface area contributed by atoms with Crippen LogP contribution in [0.5, 0.6) is 0 Å². The first kappa shape index (κ1) is 9.89. The molecule has 0 aliphatic heterocycles.